The van der Waals surface area contributed by atoms with Crippen molar-refractivity contribution in [3.8, 4) is 0 Å². The summed E-state index contributed by atoms with van der Waals surface area (Å²) in [6.07, 6.45) is 2.11. The summed E-state index contributed by atoms with van der Waals surface area (Å²) in [5.74, 6) is 0. The molecule has 1 fully saturated rings. The smallest absolute Gasteiger partial charge is 0.0942 e. The molecule has 0 unspecified atom stereocenters. The average molecular weight is 267 g/mol. The minimum atomic E-state index is 1.05. The number of piperazine rings is 1. The van der Waals surface area contributed by atoms with Crippen molar-refractivity contribution < 1.29 is 0 Å². The topological polar surface area (TPSA) is 28.2 Å². The first kappa shape index (κ1) is 13.1. The Labute approximate surface area is 120 Å². The summed E-state index contributed by atoms with van der Waals surface area (Å²) in [4.78, 5) is 7.32. The van der Waals surface area contributed by atoms with Crippen LogP contribution < -0.4 is 10.2 Å². The molecule has 1 saturated heterocycles. The van der Waals surface area contributed by atoms with E-state index in [1.54, 1.807) is 0 Å². The maximum Gasteiger partial charge on any atom is 0.0942 e. The number of hydrogen-bond acceptors (Lipinski definition) is 3. The second-order valence-corrected chi connectivity index (χ2v) is 5.25. The zero-order valence-electron chi connectivity index (χ0n) is 12.2. The molecular weight excluding hydrogens is 246 g/mol. The predicted molar refractivity (Wildman–Crippen MR) is 86.2 cm³/mol. The quantitative estimate of drug-likeness (QED) is 0.906. The van der Waals surface area contributed by atoms with Gasteiger partial charge in [0.15, 0.2) is 0 Å². The van der Waals surface area contributed by atoms with Crippen molar-refractivity contribution in [2.75, 3.05) is 31.1 Å². The van der Waals surface area contributed by atoms with Crippen LogP contribution in [0.2, 0.25) is 0 Å². The Morgan fingerprint density at radius 3 is 2.75 bits per heavy atom. The number of anilines is 1. The van der Waals surface area contributed by atoms with E-state index in [9.17, 15) is 0 Å². The van der Waals surface area contributed by atoms with E-state index in [1.807, 2.05) is 0 Å². The lowest BCUT2D eigenvalue weighted by Crippen LogP contribution is -2.43. The van der Waals surface area contributed by atoms with Crippen molar-refractivity contribution in [2.45, 2.75) is 13.8 Å². The Hall–Kier alpha value is -1.87. The van der Waals surface area contributed by atoms with Crippen LogP contribution in [-0.4, -0.2) is 31.2 Å². The molecule has 1 aliphatic heterocycles. The number of nitrogens with one attached hydrogen (secondary N) is 1. The van der Waals surface area contributed by atoms with Gasteiger partial charge >= 0.3 is 0 Å². The molecule has 1 aliphatic rings. The molecule has 0 bridgehead atoms. The van der Waals surface area contributed by atoms with Gasteiger partial charge in [0.2, 0.25) is 0 Å². The van der Waals surface area contributed by atoms with Crippen LogP contribution in [0.1, 0.15) is 19.5 Å². The molecule has 0 spiro atoms. The zero-order valence-corrected chi connectivity index (χ0v) is 12.2. The van der Waals surface area contributed by atoms with E-state index in [2.05, 4.69) is 60.5 Å². The second kappa shape index (κ2) is 5.63. The average Bonchev–Trinajstić information content (AvgIpc) is 2.54. The molecule has 3 rings (SSSR count). The van der Waals surface area contributed by atoms with Crippen LogP contribution in [0, 0.1) is 0 Å². The molecule has 1 aromatic carbocycles. The predicted octanol–water partition coefficient (Wildman–Crippen LogP) is 3.07. The second-order valence-electron chi connectivity index (χ2n) is 5.25. The molecule has 3 heteroatoms. The van der Waals surface area contributed by atoms with E-state index in [0.717, 1.165) is 37.4 Å². The van der Waals surface area contributed by atoms with E-state index in [4.69, 9.17) is 4.98 Å². The number of benzene rings is 1. The Morgan fingerprint density at radius 2 is 2.00 bits per heavy atom. The Morgan fingerprint density at radius 1 is 1.20 bits per heavy atom. The van der Waals surface area contributed by atoms with Gasteiger partial charge in [0, 0.05) is 31.6 Å². The molecule has 0 radical (unpaired) electrons. The van der Waals surface area contributed by atoms with Crippen molar-refractivity contribution in [1.29, 1.82) is 0 Å². The van der Waals surface area contributed by atoms with Crippen molar-refractivity contribution >= 4 is 22.2 Å². The van der Waals surface area contributed by atoms with Crippen molar-refractivity contribution in [2.24, 2.45) is 0 Å². The molecule has 0 atom stereocenters. The maximum absolute atomic E-state index is 4.89. The highest BCUT2D eigenvalue weighted by atomic mass is 15.2. The van der Waals surface area contributed by atoms with Gasteiger partial charge in [-0.3, -0.25) is 0 Å². The van der Waals surface area contributed by atoms with Gasteiger partial charge in [-0.25, -0.2) is 4.98 Å². The summed E-state index contributed by atoms with van der Waals surface area (Å²) in [5.41, 5.74) is 4.67. The van der Waals surface area contributed by atoms with Crippen LogP contribution in [0.15, 0.2) is 36.4 Å². The van der Waals surface area contributed by atoms with Crippen LogP contribution in [0.3, 0.4) is 0 Å². The normalized spacial score (nSPS) is 16.7. The van der Waals surface area contributed by atoms with Crippen LogP contribution in [0.5, 0.6) is 0 Å². The third-order valence-electron chi connectivity index (χ3n) is 3.99. The fourth-order valence-electron chi connectivity index (χ4n) is 2.66. The molecule has 1 N–H and O–H groups in total. The third-order valence-corrected chi connectivity index (χ3v) is 3.99. The van der Waals surface area contributed by atoms with E-state index in [0.29, 0.717) is 0 Å². The lowest BCUT2D eigenvalue weighted by atomic mass is 10.1. The van der Waals surface area contributed by atoms with Crippen molar-refractivity contribution in [3.05, 3.63) is 42.1 Å². The van der Waals surface area contributed by atoms with Gasteiger partial charge in [-0.2, -0.15) is 0 Å². The van der Waals surface area contributed by atoms with Crippen molar-refractivity contribution in [1.82, 2.24) is 10.3 Å². The lowest BCUT2D eigenvalue weighted by Gasteiger charge is -2.30. The fraction of sp³-hybridized carbons (Fsp3) is 0.353. The van der Waals surface area contributed by atoms with E-state index in [-0.39, 0.29) is 0 Å². The minimum Gasteiger partial charge on any atom is -0.367 e. The molecule has 1 aromatic heterocycles. The Kier molecular flexibility index (Phi) is 3.70. The number of pyridine rings is 1. The molecule has 3 nitrogen and oxygen atoms in total. The maximum atomic E-state index is 4.89. The van der Waals surface area contributed by atoms with Crippen LogP contribution in [-0.2, 0) is 0 Å². The number of allylic oxidation sites excluding steroid dienone is 2. The van der Waals surface area contributed by atoms with Gasteiger partial charge < -0.3 is 10.2 Å². The monoisotopic (exact) mass is 267 g/mol. The van der Waals surface area contributed by atoms with Gasteiger partial charge in [-0.1, -0.05) is 24.3 Å². The standard InChI is InChI=1S/C17H21N3/c1-3-13(2)15-8-7-14-5-4-6-16(17(14)19-15)20-11-9-18-10-12-20/h3-8,18H,9-12H2,1-2H3/b13-3+. The molecule has 0 amide bonds. The van der Waals surface area contributed by atoms with Crippen LogP contribution in [0.4, 0.5) is 5.69 Å². The molecular formula is C17H21N3. The highest BCUT2D eigenvalue weighted by Gasteiger charge is 2.14. The van der Waals surface area contributed by atoms with E-state index >= 15 is 0 Å². The van der Waals surface area contributed by atoms with Crippen LogP contribution >= 0.6 is 0 Å². The molecule has 104 valence electrons. The first-order valence-corrected chi connectivity index (χ1v) is 7.28. The number of hydrogen-bond donors (Lipinski definition) is 1. The number of aromatic nitrogens is 1. The highest BCUT2D eigenvalue weighted by Crippen LogP contribution is 2.27. The molecule has 0 saturated carbocycles. The summed E-state index contributed by atoms with van der Waals surface area (Å²) in [6, 6.07) is 10.7. The third kappa shape index (κ3) is 2.41. The number of para-hydroxylation sites is 1. The number of fused-ring (bicyclic) bond motifs is 1. The van der Waals surface area contributed by atoms with Crippen molar-refractivity contribution in [3.63, 3.8) is 0 Å². The minimum absolute atomic E-state index is 1.05. The first-order chi connectivity index (χ1) is 9.79. The van der Waals surface area contributed by atoms with Gasteiger partial charge in [0.05, 0.1) is 16.9 Å². The van der Waals surface area contributed by atoms with E-state index in [1.165, 1.54) is 16.6 Å². The summed E-state index contributed by atoms with van der Waals surface area (Å²) in [7, 11) is 0. The molecule has 20 heavy (non-hydrogen) atoms. The summed E-state index contributed by atoms with van der Waals surface area (Å²) in [6.45, 7) is 8.36. The molecule has 2 aromatic rings. The lowest BCUT2D eigenvalue weighted by molar-refractivity contribution is 0.590. The van der Waals surface area contributed by atoms with E-state index < -0.39 is 0 Å². The summed E-state index contributed by atoms with van der Waals surface area (Å²) >= 11 is 0. The summed E-state index contributed by atoms with van der Waals surface area (Å²) in [5, 5.41) is 4.62. The molecule has 2 heterocycles. The number of rotatable bonds is 2. The highest BCUT2D eigenvalue weighted by molar-refractivity contribution is 5.92. The SMILES string of the molecule is C/C=C(\C)c1ccc2cccc(N3CCNCC3)c2n1. The Balaban J connectivity index is 2.11. The zero-order chi connectivity index (χ0) is 13.9. The largest absolute Gasteiger partial charge is 0.367 e. The first-order valence-electron chi connectivity index (χ1n) is 7.28. The fourth-order valence-corrected chi connectivity index (χ4v) is 2.66. The van der Waals surface area contributed by atoms with Gasteiger partial charge in [0.1, 0.15) is 0 Å². The van der Waals surface area contributed by atoms with Gasteiger partial charge in [-0.15, -0.1) is 0 Å². The Bertz CT molecular complexity index is 640. The van der Waals surface area contributed by atoms with Crippen LogP contribution in [0.25, 0.3) is 16.5 Å². The van der Waals surface area contributed by atoms with Gasteiger partial charge in [0.25, 0.3) is 0 Å². The van der Waals surface area contributed by atoms with Gasteiger partial charge in [-0.05, 0) is 31.6 Å². The number of nitrogens with zero attached hydrogens (tertiary/aromatic N) is 2. The summed E-state index contributed by atoms with van der Waals surface area (Å²) < 4.78 is 0. The molecule has 0 aliphatic carbocycles.